The standard InChI is InChI=1S/C41H42N10O5/c42-36-35-34(25-13-15-26(16-14-25)38(53)46-31-12-3-5-20-44-31)48-37(50(35)24-21-45-36)29-11-8-23-49(29)22-6-2-1-4-19-43-28-10-7-9-27-33(28)41(56)51(40(27)55)30-17-18-32(52)47-39(30)54/h3,5,7,9-10,12-16,20-21,24,29-30,43H,1-2,4,6,8,11,17-19,22-23H2,(H2,42,45)(H,44,46,53)(H,47,52,54)/t29-,30?/m0/s1. The molecule has 15 nitrogen and oxygen atoms in total. The molecule has 8 rings (SSSR count). The van der Waals surface area contributed by atoms with Gasteiger partial charge in [0.2, 0.25) is 11.8 Å². The number of nitrogen functional groups attached to an aromatic ring is 1. The Bertz CT molecular complexity index is 2330. The van der Waals surface area contributed by atoms with Gasteiger partial charge in [-0.2, -0.15) is 0 Å². The third-order valence-electron chi connectivity index (χ3n) is 10.8. The van der Waals surface area contributed by atoms with E-state index in [0.717, 1.165) is 79.1 Å². The molecule has 0 aliphatic carbocycles. The quantitative estimate of drug-likeness (QED) is 0.0949. The molecule has 2 aromatic carbocycles. The molecule has 2 fully saturated rings. The SMILES string of the molecule is Nc1nccn2c([C@@H]3CCCN3CCCCCCNc3cccc4c3C(=O)N(C3CCC(=O)NC3=O)C4=O)nc(-c3ccc(C(=O)Nc4ccccn4)cc3)c12. The number of rotatable bonds is 13. The second-order valence-corrected chi connectivity index (χ2v) is 14.3. The van der Waals surface area contributed by atoms with Gasteiger partial charge in [-0.3, -0.25) is 43.5 Å². The van der Waals surface area contributed by atoms with Crippen molar-refractivity contribution in [3.8, 4) is 11.3 Å². The Hall–Kier alpha value is -6.48. The maximum Gasteiger partial charge on any atom is 0.264 e. The van der Waals surface area contributed by atoms with Gasteiger partial charge in [0, 0.05) is 48.4 Å². The zero-order chi connectivity index (χ0) is 38.8. The highest BCUT2D eigenvalue weighted by Gasteiger charge is 2.45. The smallest absolute Gasteiger partial charge is 0.264 e. The average molecular weight is 755 g/mol. The molecule has 56 heavy (non-hydrogen) atoms. The van der Waals surface area contributed by atoms with Crippen LogP contribution in [0.2, 0.25) is 0 Å². The lowest BCUT2D eigenvalue weighted by molar-refractivity contribution is -0.136. The van der Waals surface area contributed by atoms with Crippen molar-refractivity contribution < 1.29 is 24.0 Å². The number of fused-ring (bicyclic) bond motifs is 2. The number of imidazole rings is 1. The van der Waals surface area contributed by atoms with Crippen molar-refractivity contribution in [2.45, 2.75) is 63.5 Å². The predicted molar refractivity (Wildman–Crippen MR) is 209 cm³/mol. The Balaban J connectivity index is 0.863. The van der Waals surface area contributed by atoms with Gasteiger partial charge in [-0.25, -0.2) is 15.0 Å². The van der Waals surface area contributed by atoms with Gasteiger partial charge in [-0.1, -0.05) is 37.1 Å². The van der Waals surface area contributed by atoms with Gasteiger partial charge in [-0.15, -0.1) is 0 Å². The number of nitrogens with zero attached hydrogens (tertiary/aromatic N) is 6. The molecule has 3 aromatic heterocycles. The van der Waals surface area contributed by atoms with Crippen molar-refractivity contribution in [1.29, 1.82) is 0 Å². The number of likely N-dealkylation sites (tertiary alicyclic amines) is 1. The molecule has 2 atom stereocenters. The lowest BCUT2D eigenvalue weighted by Crippen LogP contribution is -2.54. The van der Waals surface area contributed by atoms with E-state index in [1.165, 1.54) is 0 Å². The molecule has 6 heterocycles. The number of pyridine rings is 1. The van der Waals surface area contributed by atoms with E-state index in [-0.39, 0.29) is 35.9 Å². The minimum absolute atomic E-state index is 0.0780. The molecule has 2 saturated heterocycles. The number of unbranched alkanes of at least 4 members (excludes halogenated alkanes) is 3. The van der Waals surface area contributed by atoms with Crippen LogP contribution in [-0.2, 0) is 9.59 Å². The van der Waals surface area contributed by atoms with Crippen LogP contribution in [-0.4, -0.2) is 84.4 Å². The van der Waals surface area contributed by atoms with Gasteiger partial charge in [0.25, 0.3) is 17.7 Å². The van der Waals surface area contributed by atoms with E-state index in [4.69, 9.17) is 10.7 Å². The topological polar surface area (TPSA) is 197 Å². The summed E-state index contributed by atoms with van der Waals surface area (Å²) >= 11 is 0. The zero-order valence-electron chi connectivity index (χ0n) is 30.7. The highest BCUT2D eigenvalue weighted by molar-refractivity contribution is 6.25. The number of benzene rings is 2. The first-order chi connectivity index (χ1) is 27.3. The van der Waals surface area contributed by atoms with Crippen molar-refractivity contribution in [3.05, 3.63) is 102 Å². The molecule has 286 valence electrons. The summed E-state index contributed by atoms with van der Waals surface area (Å²) in [6.07, 6.45) is 11.3. The molecule has 1 unspecified atom stereocenters. The highest BCUT2D eigenvalue weighted by atomic mass is 16.2. The molecule has 5 N–H and O–H groups in total. The number of hydrogen-bond donors (Lipinski definition) is 4. The number of nitrogens with two attached hydrogens (primary N) is 1. The molecule has 3 aliphatic heterocycles. The molecule has 5 amide bonds. The number of amides is 5. The first-order valence-corrected chi connectivity index (χ1v) is 19.1. The molecule has 0 saturated carbocycles. The van der Waals surface area contributed by atoms with Crippen molar-refractivity contribution in [1.82, 2.24) is 34.5 Å². The number of hydrogen-bond acceptors (Lipinski definition) is 11. The van der Waals surface area contributed by atoms with E-state index >= 15 is 0 Å². The number of nitrogens with one attached hydrogen (secondary N) is 3. The van der Waals surface area contributed by atoms with E-state index in [0.29, 0.717) is 29.4 Å². The van der Waals surface area contributed by atoms with Gasteiger partial charge in [0.05, 0.1) is 17.2 Å². The molecular formula is C41H42N10O5. The second kappa shape index (κ2) is 15.7. The lowest BCUT2D eigenvalue weighted by Gasteiger charge is -2.27. The van der Waals surface area contributed by atoms with Crippen LogP contribution in [0.1, 0.15) is 94.3 Å². The molecular weight excluding hydrogens is 713 g/mol. The van der Waals surface area contributed by atoms with Crippen LogP contribution >= 0.6 is 0 Å². The summed E-state index contributed by atoms with van der Waals surface area (Å²) in [5.74, 6) is -0.516. The summed E-state index contributed by atoms with van der Waals surface area (Å²) in [5.41, 5.74) is 10.4. The fourth-order valence-corrected chi connectivity index (χ4v) is 7.99. The van der Waals surface area contributed by atoms with Gasteiger partial charge >= 0.3 is 0 Å². The van der Waals surface area contributed by atoms with Crippen LogP contribution in [0.15, 0.2) is 79.3 Å². The van der Waals surface area contributed by atoms with Crippen molar-refractivity contribution in [3.63, 3.8) is 0 Å². The van der Waals surface area contributed by atoms with Gasteiger partial charge in [0.15, 0.2) is 0 Å². The number of anilines is 3. The summed E-state index contributed by atoms with van der Waals surface area (Å²) in [4.78, 5) is 80.7. The number of imide groups is 2. The van der Waals surface area contributed by atoms with Crippen LogP contribution in [0.3, 0.4) is 0 Å². The fraction of sp³-hybridized carbons (Fsp3) is 0.317. The second-order valence-electron chi connectivity index (χ2n) is 14.3. The Morgan fingerprint density at radius 3 is 2.52 bits per heavy atom. The average Bonchev–Trinajstić information content (AvgIpc) is 3.90. The summed E-state index contributed by atoms with van der Waals surface area (Å²) in [6.45, 7) is 2.51. The molecule has 0 radical (unpaired) electrons. The first-order valence-electron chi connectivity index (χ1n) is 19.1. The highest BCUT2D eigenvalue weighted by Crippen LogP contribution is 2.37. The number of carbonyl (C=O) groups excluding carboxylic acids is 5. The molecule has 0 bridgehead atoms. The summed E-state index contributed by atoms with van der Waals surface area (Å²) in [7, 11) is 0. The minimum Gasteiger partial charge on any atom is -0.384 e. The Morgan fingerprint density at radius 2 is 1.71 bits per heavy atom. The maximum absolute atomic E-state index is 13.4. The van der Waals surface area contributed by atoms with E-state index in [9.17, 15) is 24.0 Å². The largest absolute Gasteiger partial charge is 0.384 e. The molecule has 15 heteroatoms. The Kier molecular flexibility index (Phi) is 10.2. The zero-order valence-corrected chi connectivity index (χ0v) is 30.7. The number of carbonyl (C=O) groups is 5. The molecule has 0 spiro atoms. The third kappa shape index (κ3) is 7.08. The summed E-state index contributed by atoms with van der Waals surface area (Å²) < 4.78 is 2.05. The van der Waals surface area contributed by atoms with Crippen LogP contribution in [0.4, 0.5) is 17.3 Å². The lowest BCUT2D eigenvalue weighted by atomic mass is 10.0. The fourth-order valence-electron chi connectivity index (χ4n) is 7.99. The first kappa shape index (κ1) is 36.5. The van der Waals surface area contributed by atoms with Gasteiger partial charge in [0.1, 0.15) is 34.7 Å². The van der Waals surface area contributed by atoms with Crippen molar-refractivity contribution >= 4 is 52.4 Å². The Labute approximate surface area is 322 Å². The minimum atomic E-state index is -0.996. The number of aromatic nitrogens is 4. The van der Waals surface area contributed by atoms with Crippen molar-refractivity contribution in [2.24, 2.45) is 0 Å². The summed E-state index contributed by atoms with van der Waals surface area (Å²) in [6, 6.07) is 16.9. The van der Waals surface area contributed by atoms with E-state index in [2.05, 4.69) is 35.2 Å². The van der Waals surface area contributed by atoms with Crippen LogP contribution in [0, 0.1) is 0 Å². The number of piperidine rings is 1. The van der Waals surface area contributed by atoms with Gasteiger partial charge < -0.3 is 16.4 Å². The predicted octanol–water partition coefficient (Wildman–Crippen LogP) is 4.84. The summed E-state index contributed by atoms with van der Waals surface area (Å²) in [5, 5.41) is 8.39. The van der Waals surface area contributed by atoms with E-state index in [1.807, 2.05) is 24.4 Å². The normalized spacial score (nSPS) is 18.4. The monoisotopic (exact) mass is 754 g/mol. The van der Waals surface area contributed by atoms with Crippen LogP contribution in [0.5, 0.6) is 0 Å². The van der Waals surface area contributed by atoms with Crippen molar-refractivity contribution in [2.75, 3.05) is 36.0 Å². The third-order valence-corrected chi connectivity index (χ3v) is 10.8. The van der Waals surface area contributed by atoms with Gasteiger partial charge in [-0.05, 0) is 81.6 Å². The van der Waals surface area contributed by atoms with E-state index in [1.54, 1.807) is 54.9 Å². The van der Waals surface area contributed by atoms with Crippen LogP contribution < -0.4 is 21.7 Å². The van der Waals surface area contributed by atoms with E-state index < -0.39 is 29.7 Å². The Morgan fingerprint density at radius 1 is 0.875 bits per heavy atom. The molecule has 3 aliphatic rings. The maximum atomic E-state index is 13.4. The van der Waals surface area contributed by atoms with Crippen LogP contribution in [0.25, 0.3) is 16.8 Å². The molecule has 5 aromatic rings.